The Morgan fingerprint density at radius 1 is 1.48 bits per heavy atom. The molecule has 124 valence electrons. The number of aromatic amines is 1. The van der Waals surface area contributed by atoms with Crippen LogP contribution in [0.4, 0.5) is 0 Å². The lowest BCUT2D eigenvalue weighted by atomic mass is 10.0. The largest absolute Gasteiger partial charge is 0.477 e. The van der Waals surface area contributed by atoms with Crippen LogP contribution in [0.5, 0.6) is 0 Å². The maximum absolute atomic E-state index is 13.0. The van der Waals surface area contributed by atoms with E-state index in [0.717, 1.165) is 11.3 Å². The van der Waals surface area contributed by atoms with Crippen LogP contribution in [0.25, 0.3) is 0 Å². The molecule has 0 aromatic carbocycles. The Labute approximate surface area is 133 Å². The van der Waals surface area contributed by atoms with E-state index in [1.807, 2.05) is 6.92 Å². The maximum atomic E-state index is 13.0. The molecule has 3 heterocycles. The molecule has 0 radical (unpaired) electrons. The summed E-state index contributed by atoms with van der Waals surface area (Å²) >= 11 is 0. The molecule has 8 nitrogen and oxygen atoms in total. The molecule has 0 bridgehead atoms. The zero-order valence-corrected chi connectivity index (χ0v) is 13.9. The highest BCUT2D eigenvalue weighted by atomic mass is 32.2. The zero-order chi connectivity index (χ0) is 16.9. The molecule has 1 aliphatic rings. The smallest absolute Gasteiger partial charge is 0.352 e. The van der Waals surface area contributed by atoms with E-state index in [-0.39, 0.29) is 23.1 Å². The highest BCUT2D eigenvalue weighted by molar-refractivity contribution is 7.89. The molecule has 23 heavy (non-hydrogen) atoms. The van der Waals surface area contributed by atoms with Gasteiger partial charge in [-0.25, -0.2) is 13.2 Å². The molecule has 0 amide bonds. The number of fused-ring (bicyclic) bond motifs is 1. The number of carboxylic acids is 1. The van der Waals surface area contributed by atoms with Gasteiger partial charge >= 0.3 is 5.97 Å². The number of nitrogens with zero attached hydrogens (tertiary/aromatic N) is 3. The van der Waals surface area contributed by atoms with Gasteiger partial charge in [-0.3, -0.25) is 5.10 Å². The lowest BCUT2D eigenvalue weighted by molar-refractivity contribution is 0.0686. The minimum Gasteiger partial charge on any atom is -0.477 e. The van der Waals surface area contributed by atoms with E-state index < -0.39 is 16.0 Å². The van der Waals surface area contributed by atoms with E-state index >= 15 is 0 Å². The topological polar surface area (TPSA) is 108 Å². The molecule has 2 N–H and O–H groups in total. The molecule has 0 spiro atoms. The van der Waals surface area contributed by atoms with Gasteiger partial charge < -0.3 is 9.67 Å². The van der Waals surface area contributed by atoms with Gasteiger partial charge in [0.2, 0.25) is 10.0 Å². The molecular formula is C14H18N4O4S. The molecule has 1 aliphatic heterocycles. The first-order chi connectivity index (χ1) is 10.7. The van der Waals surface area contributed by atoms with Crippen LogP contribution in [0.15, 0.2) is 17.2 Å². The van der Waals surface area contributed by atoms with Gasteiger partial charge in [0.25, 0.3) is 0 Å². The van der Waals surface area contributed by atoms with E-state index in [4.69, 9.17) is 0 Å². The summed E-state index contributed by atoms with van der Waals surface area (Å²) in [6, 6.07) is 1.22. The number of hydrogen-bond acceptors (Lipinski definition) is 4. The van der Waals surface area contributed by atoms with Crippen molar-refractivity contribution in [3.05, 3.63) is 34.9 Å². The Bertz CT molecular complexity index is 881. The second kappa shape index (κ2) is 5.20. The van der Waals surface area contributed by atoms with Gasteiger partial charge in [-0.15, -0.1) is 0 Å². The molecule has 0 aliphatic carbocycles. The normalized spacial score (nSPS) is 18.8. The lowest BCUT2D eigenvalue weighted by Crippen LogP contribution is -2.37. The van der Waals surface area contributed by atoms with Gasteiger partial charge in [-0.2, -0.15) is 9.40 Å². The maximum Gasteiger partial charge on any atom is 0.352 e. The molecule has 0 saturated carbocycles. The minimum atomic E-state index is -3.77. The Kier molecular flexibility index (Phi) is 3.56. The third-order valence-corrected chi connectivity index (χ3v) is 6.32. The summed E-state index contributed by atoms with van der Waals surface area (Å²) in [6.45, 7) is 4.10. The van der Waals surface area contributed by atoms with Gasteiger partial charge in [-0.1, -0.05) is 6.92 Å². The Morgan fingerprint density at radius 2 is 2.17 bits per heavy atom. The second-order valence-electron chi connectivity index (χ2n) is 5.85. The lowest BCUT2D eigenvalue weighted by Gasteiger charge is -2.29. The first-order valence-electron chi connectivity index (χ1n) is 7.15. The molecular weight excluding hydrogens is 320 g/mol. The van der Waals surface area contributed by atoms with Crippen molar-refractivity contribution in [1.29, 1.82) is 0 Å². The second-order valence-corrected chi connectivity index (χ2v) is 7.76. The highest BCUT2D eigenvalue weighted by Gasteiger charge is 2.35. The molecule has 3 rings (SSSR count). The van der Waals surface area contributed by atoms with Crippen molar-refractivity contribution in [3.63, 3.8) is 0 Å². The quantitative estimate of drug-likeness (QED) is 0.870. The van der Waals surface area contributed by atoms with Crippen molar-refractivity contribution in [3.8, 4) is 0 Å². The van der Waals surface area contributed by atoms with Crippen molar-refractivity contribution in [2.24, 2.45) is 7.05 Å². The average Bonchev–Trinajstić information content (AvgIpc) is 3.05. The summed E-state index contributed by atoms with van der Waals surface area (Å²) in [6.07, 6.45) is 1.63. The number of aromatic nitrogens is 3. The monoisotopic (exact) mass is 338 g/mol. The van der Waals surface area contributed by atoms with Crippen LogP contribution in [-0.2, 0) is 23.6 Å². The van der Waals surface area contributed by atoms with E-state index in [1.54, 1.807) is 20.2 Å². The minimum absolute atomic E-state index is 0.000937. The summed E-state index contributed by atoms with van der Waals surface area (Å²) in [5, 5.41) is 16.1. The number of aromatic carboxylic acids is 1. The number of sulfonamides is 1. The molecule has 2 aromatic rings. The third-order valence-electron chi connectivity index (χ3n) is 4.39. The predicted octanol–water partition coefficient (Wildman–Crippen LogP) is 1.06. The molecule has 0 saturated heterocycles. The third kappa shape index (κ3) is 2.36. The van der Waals surface area contributed by atoms with Crippen LogP contribution in [0.2, 0.25) is 0 Å². The van der Waals surface area contributed by atoms with Crippen LogP contribution in [0, 0.1) is 6.92 Å². The number of nitrogens with one attached hydrogen (secondary N) is 1. The first kappa shape index (κ1) is 15.8. The molecule has 1 unspecified atom stereocenters. The molecule has 1 atom stereocenters. The fourth-order valence-corrected chi connectivity index (χ4v) is 4.76. The van der Waals surface area contributed by atoms with Gasteiger partial charge in [0.1, 0.15) is 10.6 Å². The number of carbonyl (C=O) groups is 1. The first-order valence-corrected chi connectivity index (χ1v) is 8.59. The average molecular weight is 338 g/mol. The summed E-state index contributed by atoms with van der Waals surface area (Å²) in [4.78, 5) is 11.3. The molecule has 2 aromatic heterocycles. The Hall–Kier alpha value is -2.13. The summed E-state index contributed by atoms with van der Waals surface area (Å²) in [7, 11) is -2.23. The number of hydrogen-bond donors (Lipinski definition) is 2. The Morgan fingerprint density at radius 3 is 2.78 bits per heavy atom. The SMILES string of the molecule is Cc1c(S(=O)(=O)N2Cc3cn[nH]c3C(C)C2)cc(C(=O)O)n1C. The van der Waals surface area contributed by atoms with Crippen LogP contribution >= 0.6 is 0 Å². The number of carboxylic acid groups (broad SMARTS) is 1. The van der Waals surface area contributed by atoms with Crippen molar-refractivity contribution in [1.82, 2.24) is 19.1 Å². The van der Waals surface area contributed by atoms with E-state index in [0.29, 0.717) is 12.2 Å². The highest BCUT2D eigenvalue weighted by Crippen LogP contribution is 2.31. The fraction of sp³-hybridized carbons (Fsp3) is 0.429. The van der Waals surface area contributed by atoms with Gasteiger partial charge in [0.05, 0.1) is 6.20 Å². The van der Waals surface area contributed by atoms with Crippen molar-refractivity contribution >= 4 is 16.0 Å². The van der Waals surface area contributed by atoms with Crippen molar-refractivity contribution < 1.29 is 18.3 Å². The van der Waals surface area contributed by atoms with Crippen molar-refractivity contribution in [2.45, 2.75) is 31.2 Å². The molecule has 0 fully saturated rings. The van der Waals surface area contributed by atoms with Gasteiger partial charge in [0, 0.05) is 43.0 Å². The van der Waals surface area contributed by atoms with E-state index in [2.05, 4.69) is 10.2 Å². The van der Waals surface area contributed by atoms with Crippen molar-refractivity contribution in [2.75, 3.05) is 6.54 Å². The standard InChI is InChI=1S/C14H18N4O4S/c1-8-6-18(7-10-5-15-16-13(8)10)23(21,22)12-4-11(14(19)20)17(3)9(12)2/h4-5,8H,6-7H2,1-3H3,(H,15,16)(H,19,20). The van der Waals surface area contributed by atoms with Gasteiger partial charge in [-0.05, 0) is 13.0 Å². The van der Waals surface area contributed by atoms with E-state index in [9.17, 15) is 18.3 Å². The van der Waals surface area contributed by atoms with Gasteiger partial charge in [0.15, 0.2) is 0 Å². The zero-order valence-electron chi connectivity index (χ0n) is 13.1. The van der Waals surface area contributed by atoms with Crippen LogP contribution in [-0.4, -0.2) is 45.1 Å². The van der Waals surface area contributed by atoms with Crippen LogP contribution < -0.4 is 0 Å². The van der Waals surface area contributed by atoms with Crippen LogP contribution in [0.1, 0.15) is 40.3 Å². The summed E-state index contributed by atoms with van der Waals surface area (Å²) in [5.74, 6) is -1.15. The van der Waals surface area contributed by atoms with E-state index in [1.165, 1.54) is 14.9 Å². The number of rotatable bonds is 3. The van der Waals surface area contributed by atoms with Crippen LogP contribution in [0.3, 0.4) is 0 Å². The summed E-state index contributed by atoms with van der Waals surface area (Å²) in [5.41, 5.74) is 2.16. The fourth-order valence-electron chi connectivity index (χ4n) is 2.98. The Balaban J connectivity index is 2.04. The number of H-pyrrole nitrogens is 1. The predicted molar refractivity (Wildman–Crippen MR) is 81.7 cm³/mol. The summed E-state index contributed by atoms with van der Waals surface area (Å²) < 4.78 is 28.7. The molecule has 9 heteroatoms.